The summed E-state index contributed by atoms with van der Waals surface area (Å²) in [5.41, 5.74) is 1.43. The molecule has 2 rings (SSSR count). The van der Waals surface area contributed by atoms with E-state index in [0.717, 1.165) is 9.87 Å². The molecule has 0 heterocycles. The Kier molecular flexibility index (Phi) is 6.89. The van der Waals surface area contributed by atoms with Gasteiger partial charge in [-0.2, -0.15) is 0 Å². The molecule has 0 spiro atoms. The van der Waals surface area contributed by atoms with Crippen LogP contribution in [0.2, 0.25) is 5.02 Å². The minimum absolute atomic E-state index is 0.0596. The number of benzene rings is 2. The SMILES string of the molecule is Cc1ccc(N(CC(=O)N[C@H](C)C(C)C)S(=O)(=O)c2ccc(Cl)cc2)cc1. The summed E-state index contributed by atoms with van der Waals surface area (Å²) in [6, 6.07) is 12.9. The lowest BCUT2D eigenvalue weighted by Gasteiger charge is -2.26. The van der Waals surface area contributed by atoms with E-state index in [0.29, 0.717) is 10.7 Å². The van der Waals surface area contributed by atoms with Crippen LogP contribution < -0.4 is 9.62 Å². The van der Waals surface area contributed by atoms with Gasteiger partial charge in [0.25, 0.3) is 10.0 Å². The number of sulfonamides is 1. The number of carbonyl (C=O) groups is 1. The molecule has 27 heavy (non-hydrogen) atoms. The zero-order chi connectivity index (χ0) is 20.2. The molecule has 0 bridgehead atoms. The van der Waals surface area contributed by atoms with Gasteiger partial charge in [0.05, 0.1) is 10.6 Å². The molecule has 146 valence electrons. The first-order valence-corrected chi connectivity index (χ1v) is 10.6. The number of halogens is 1. The average Bonchev–Trinajstić information content (AvgIpc) is 2.60. The molecule has 0 saturated carbocycles. The Morgan fingerprint density at radius 1 is 1.04 bits per heavy atom. The van der Waals surface area contributed by atoms with Crippen LogP contribution in [-0.2, 0) is 14.8 Å². The number of aryl methyl sites for hydroxylation is 1. The van der Waals surface area contributed by atoms with E-state index < -0.39 is 10.0 Å². The second-order valence-corrected chi connectivity index (χ2v) is 9.20. The third-order valence-electron chi connectivity index (χ3n) is 4.40. The topological polar surface area (TPSA) is 66.5 Å². The summed E-state index contributed by atoms with van der Waals surface area (Å²) in [6.45, 7) is 7.50. The number of hydrogen-bond donors (Lipinski definition) is 1. The Balaban J connectivity index is 2.39. The maximum absolute atomic E-state index is 13.2. The Bertz CT molecular complexity index is 878. The fraction of sp³-hybridized carbons (Fsp3) is 0.350. The molecule has 0 aromatic heterocycles. The second-order valence-electron chi connectivity index (χ2n) is 6.90. The lowest BCUT2D eigenvalue weighted by atomic mass is 10.1. The minimum Gasteiger partial charge on any atom is -0.352 e. The van der Waals surface area contributed by atoms with Crippen molar-refractivity contribution in [3.63, 3.8) is 0 Å². The summed E-state index contributed by atoms with van der Waals surface area (Å²) in [6.07, 6.45) is 0. The minimum atomic E-state index is -3.92. The molecule has 1 amide bonds. The summed E-state index contributed by atoms with van der Waals surface area (Å²) in [7, 11) is -3.92. The summed E-state index contributed by atoms with van der Waals surface area (Å²) in [4.78, 5) is 12.6. The highest BCUT2D eigenvalue weighted by molar-refractivity contribution is 7.92. The van der Waals surface area contributed by atoms with Gasteiger partial charge in [-0.3, -0.25) is 9.10 Å². The zero-order valence-corrected chi connectivity index (χ0v) is 17.5. The first-order chi connectivity index (χ1) is 12.6. The Hall–Kier alpha value is -2.05. The molecule has 0 unspecified atom stereocenters. The highest BCUT2D eigenvalue weighted by Crippen LogP contribution is 2.25. The average molecular weight is 409 g/mol. The number of nitrogens with one attached hydrogen (secondary N) is 1. The number of anilines is 1. The van der Waals surface area contributed by atoms with Gasteiger partial charge in [0.1, 0.15) is 6.54 Å². The first-order valence-electron chi connectivity index (χ1n) is 8.75. The third-order valence-corrected chi connectivity index (χ3v) is 6.44. The zero-order valence-electron chi connectivity index (χ0n) is 15.9. The Labute approximate surface area is 166 Å². The smallest absolute Gasteiger partial charge is 0.264 e. The van der Waals surface area contributed by atoms with E-state index >= 15 is 0 Å². The van der Waals surface area contributed by atoms with Gasteiger partial charge in [-0.25, -0.2) is 8.42 Å². The van der Waals surface area contributed by atoms with Crippen molar-refractivity contribution in [2.75, 3.05) is 10.8 Å². The predicted octanol–water partition coefficient (Wildman–Crippen LogP) is 4.00. The van der Waals surface area contributed by atoms with Gasteiger partial charge in [-0.1, -0.05) is 43.1 Å². The van der Waals surface area contributed by atoms with E-state index in [1.807, 2.05) is 39.8 Å². The molecule has 2 aromatic rings. The van der Waals surface area contributed by atoms with Gasteiger partial charge in [-0.15, -0.1) is 0 Å². The largest absolute Gasteiger partial charge is 0.352 e. The molecule has 2 aromatic carbocycles. The van der Waals surface area contributed by atoms with Crippen molar-refractivity contribution in [2.24, 2.45) is 5.92 Å². The van der Waals surface area contributed by atoms with E-state index in [9.17, 15) is 13.2 Å². The van der Waals surface area contributed by atoms with Gasteiger partial charge in [0.2, 0.25) is 5.91 Å². The van der Waals surface area contributed by atoms with Crippen molar-refractivity contribution in [1.29, 1.82) is 0 Å². The third kappa shape index (κ3) is 5.47. The maximum Gasteiger partial charge on any atom is 0.264 e. The number of rotatable bonds is 7. The molecular formula is C20H25ClN2O3S. The van der Waals surface area contributed by atoms with Crippen LogP contribution in [0.1, 0.15) is 26.3 Å². The molecule has 0 aliphatic rings. The van der Waals surface area contributed by atoms with Crippen LogP contribution in [0.5, 0.6) is 0 Å². The van der Waals surface area contributed by atoms with E-state index in [1.54, 1.807) is 12.1 Å². The van der Waals surface area contributed by atoms with Crippen LogP contribution in [0.3, 0.4) is 0 Å². The normalized spacial score (nSPS) is 12.7. The lowest BCUT2D eigenvalue weighted by Crippen LogP contribution is -2.45. The highest BCUT2D eigenvalue weighted by atomic mass is 35.5. The van der Waals surface area contributed by atoms with Gasteiger partial charge >= 0.3 is 0 Å². The molecular weight excluding hydrogens is 384 g/mol. The quantitative estimate of drug-likeness (QED) is 0.752. The van der Waals surface area contributed by atoms with Crippen molar-refractivity contribution in [3.8, 4) is 0 Å². The van der Waals surface area contributed by atoms with Crippen molar-refractivity contribution in [2.45, 2.75) is 38.6 Å². The van der Waals surface area contributed by atoms with Gasteiger partial charge in [0, 0.05) is 11.1 Å². The van der Waals surface area contributed by atoms with Gasteiger partial charge in [-0.05, 0) is 56.2 Å². The Morgan fingerprint density at radius 2 is 1.59 bits per heavy atom. The second kappa shape index (κ2) is 8.76. The number of amides is 1. The van der Waals surface area contributed by atoms with Crippen LogP contribution in [0.4, 0.5) is 5.69 Å². The van der Waals surface area contributed by atoms with Crippen molar-refractivity contribution >= 4 is 33.2 Å². The van der Waals surface area contributed by atoms with Crippen molar-refractivity contribution in [1.82, 2.24) is 5.32 Å². The van der Waals surface area contributed by atoms with Crippen LogP contribution in [0.25, 0.3) is 0 Å². The molecule has 1 N–H and O–H groups in total. The molecule has 0 aliphatic carbocycles. The van der Waals surface area contributed by atoms with Gasteiger partial charge in [0.15, 0.2) is 0 Å². The monoisotopic (exact) mass is 408 g/mol. The fourth-order valence-corrected chi connectivity index (χ4v) is 3.90. The van der Waals surface area contributed by atoms with Crippen LogP contribution >= 0.6 is 11.6 Å². The standard InChI is InChI=1S/C20H25ClN2O3S/c1-14(2)16(4)22-20(24)13-23(18-9-5-15(3)6-10-18)27(25,26)19-11-7-17(21)8-12-19/h5-12,14,16H,13H2,1-4H3,(H,22,24)/t16-/m1/s1. The molecule has 7 heteroatoms. The Morgan fingerprint density at radius 3 is 2.11 bits per heavy atom. The van der Waals surface area contributed by atoms with E-state index in [-0.39, 0.29) is 29.3 Å². The number of nitrogens with zero attached hydrogens (tertiary/aromatic N) is 1. The first kappa shape index (κ1) is 21.3. The van der Waals surface area contributed by atoms with Crippen LogP contribution in [0, 0.1) is 12.8 Å². The molecule has 5 nitrogen and oxygen atoms in total. The fourth-order valence-electron chi connectivity index (χ4n) is 2.36. The summed E-state index contributed by atoms with van der Waals surface area (Å²) < 4.78 is 27.5. The lowest BCUT2D eigenvalue weighted by molar-refractivity contribution is -0.120. The van der Waals surface area contributed by atoms with Gasteiger partial charge < -0.3 is 5.32 Å². The van der Waals surface area contributed by atoms with E-state index in [4.69, 9.17) is 11.6 Å². The summed E-state index contributed by atoms with van der Waals surface area (Å²) >= 11 is 5.87. The maximum atomic E-state index is 13.2. The van der Waals surface area contributed by atoms with Crippen molar-refractivity contribution < 1.29 is 13.2 Å². The molecule has 0 fully saturated rings. The van der Waals surface area contributed by atoms with Crippen molar-refractivity contribution in [3.05, 3.63) is 59.1 Å². The number of carbonyl (C=O) groups excluding carboxylic acids is 1. The van der Waals surface area contributed by atoms with Crippen LogP contribution in [0.15, 0.2) is 53.4 Å². The molecule has 1 atom stereocenters. The van der Waals surface area contributed by atoms with E-state index in [2.05, 4.69) is 5.32 Å². The van der Waals surface area contributed by atoms with E-state index in [1.165, 1.54) is 24.3 Å². The molecule has 0 saturated heterocycles. The molecule has 0 radical (unpaired) electrons. The summed E-state index contributed by atoms with van der Waals surface area (Å²) in [5.74, 6) is -0.107. The summed E-state index contributed by atoms with van der Waals surface area (Å²) in [5, 5.41) is 3.30. The molecule has 0 aliphatic heterocycles. The highest BCUT2D eigenvalue weighted by Gasteiger charge is 2.27. The van der Waals surface area contributed by atoms with Crippen LogP contribution in [-0.4, -0.2) is 26.9 Å². The predicted molar refractivity (Wildman–Crippen MR) is 110 cm³/mol. The number of hydrogen-bond acceptors (Lipinski definition) is 3.